The first-order valence-corrected chi connectivity index (χ1v) is 26.4. The molecule has 1 amide bonds. The molecule has 0 aromatic carbocycles. The summed E-state index contributed by atoms with van der Waals surface area (Å²) < 4.78 is 23.5. The standard InChI is InChI=1S/C50H97N2O6P/c1-6-8-10-12-14-16-17-18-19-20-21-22-23-24-25-26-27-28-29-30-31-32-33-34-36-38-40-42-44-50(54)51-48(47-58-59(55,56)57-46-45-52(3,4)5)49(53)43-41-39-37-35-15-13-11-9-7-2/h15,24-25,35,41,43,48-49,53H,6-14,16-23,26-34,36-40,42,44-47H2,1-5H3,(H-,51,54,55,56)/p+1/b25-24-,35-15+,43-41+. The SMILES string of the molecule is CCCCC/C=C/CC/C=C/C(O)C(COP(=O)(O)OCC[N+](C)(C)C)NC(=O)CCCCCCCCCCCCCC/C=C\CCCCCCCCCCCCCC. The Balaban J connectivity index is 4.06. The number of nitrogens with one attached hydrogen (secondary N) is 1. The van der Waals surface area contributed by atoms with Crippen molar-refractivity contribution in [2.24, 2.45) is 0 Å². The highest BCUT2D eigenvalue weighted by molar-refractivity contribution is 7.47. The number of amides is 1. The molecule has 0 saturated carbocycles. The van der Waals surface area contributed by atoms with Gasteiger partial charge in [-0.25, -0.2) is 4.57 Å². The second kappa shape index (κ2) is 42.0. The van der Waals surface area contributed by atoms with E-state index in [1.807, 2.05) is 27.2 Å². The Morgan fingerprint density at radius 3 is 1.39 bits per heavy atom. The van der Waals surface area contributed by atoms with Crippen molar-refractivity contribution in [3.05, 3.63) is 36.5 Å². The third kappa shape index (κ3) is 44.6. The molecule has 0 saturated heterocycles. The molecule has 3 unspecified atom stereocenters. The van der Waals surface area contributed by atoms with Crippen LogP contribution in [-0.2, 0) is 18.4 Å². The maximum atomic E-state index is 12.9. The van der Waals surface area contributed by atoms with Gasteiger partial charge in [-0.1, -0.05) is 198 Å². The molecule has 8 nitrogen and oxygen atoms in total. The molecule has 0 aliphatic rings. The zero-order valence-electron chi connectivity index (χ0n) is 39.5. The van der Waals surface area contributed by atoms with E-state index in [4.69, 9.17) is 9.05 Å². The van der Waals surface area contributed by atoms with Gasteiger partial charge in [-0.3, -0.25) is 13.8 Å². The molecule has 3 atom stereocenters. The number of carbonyl (C=O) groups is 1. The largest absolute Gasteiger partial charge is 0.472 e. The van der Waals surface area contributed by atoms with Crippen LogP contribution >= 0.6 is 7.82 Å². The van der Waals surface area contributed by atoms with Crippen LogP contribution in [0, 0.1) is 0 Å². The molecule has 0 bridgehead atoms. The summed E-state index contributed by atoms with van der Waals surface area (Å²) in [5.41, 5.74) is 0. The van der Waals surface area contributed by atoms with E-state index in [-0.39, 0.29) is 19.1 Å². The summed E-state index contributed by atoms with van der Waals surface area (Å²) in [5.74, 6) is -0.189. The Hall–Kier alpha value is -1.28. The average Bonchev–Trinajstić information content (AvgIpc) is 3.19. The third-order valence-corrected chi connectivity index (χ3v) is 12.1. The fourth-order valence-electron chi connectivity index (χ4n) is 7.11. The number of phosphoric ester groups is 1. The first-order chi connectivity index (χ1) is 28.5. The van der Waals surface area contributed by atoms with Gasteiger partial charge in [-0.15, -0.1) is 0 Å². The van der Waals surface area contributed by atoms with Crippen molar-refractivity contribution in [3.8, 4) is 0 Å². The number of likely N-dealkylation sites (N-methyl/N-ethyl adjacent to an activating group) is 1. The lowest BCUT2D eigenvalue weighted by Gasteiger charge is -2.25. The van der Waals surface area contributed by atoms with Gasteiger partial charge in [0, 0.05) is 6.42 Å². The van der Waals surface area contributed by atoms with Crippen LogP contribution in [-0.4, -0.2) is 73.4 Å². The summed E-state index contributed by atoms with van der Waals surface area (Å²) in [4.78, 5) is 23.1. The minimum absolute atomic E-state index is 0.0561. The fraction of sp³-hybridized carbons (Fsp3) is 0.860. The summed E-state index contributed by atoms with van der Waals surface area (Å²) >= 11 is 0. The smallest absolute Gasteiger partial charge is 0.387 e. The van der Waals surface area contributed by atoms with Gasteiger partial charge < -0.3 is 19.8 Å². The summed E-state index contributed by atoms with van der Waals surface area (Å²) in [6.07, 6.45) is 52.6. The molecule has 0 heterocycles. The monoisotopic (exact) mass is 854 g/mol. The first kappa shape index (κ1) is 57.7. The molecule has 0 rings (SSSR count). The van der Waals surface area contributed by atoms with Crippen molar-refractivity contribution in [2.75, 3.05) is 40.9 Å². The predicted octanol–water partition coefficient (Wildman–Crippen LogP) is 14.3. The second-order valence-corrected chi connectivity index (χ2v) is 19.6. The van der Waals surface area contributed by atoms with E-state index in [0.717, 1.165) is 38.5 Å². The molecule has 0 aliphatic carbocycles. The Bertz CT molecular complexity index is 1060. The summed E-state index contributed by atoms with van der Waals surface area (Å²) in [6, 6.07) is -0.860. The van der Waals surface area contributed by atoms with Crippen molar-refractivity contribution >= 4 is 13.7 Å². The van der Waals surface area contributed by atoms with Crippen molar-refractivity contribution in [1.29, 1.82) is 0 Å². The van der Waals surface area contributed by atoms with E-state index in [9.17, 15) is 19.4 Å². The van der Waals surface area contributed by atoms with E-state index >= 15 is 0 Å². The average molecular weight is 854 g/mol. The first-order valence-electron chi connectivity index (χ1n) is 24.9. The van der Waals surface area contributed by atoms with Crippen LogP contribution in [0.15, 0.2) is 36.5 Å². The molecular formula is C50H98N2O6P+. The minimum Gasteiger partial charge on any atom is -0.387 e. The van der Waals surface area contributed by atoms with Gasteiger partial charge in [0.25, 0.3) is 0 Å². The van der Waals surface area contributed by atoms with E-state index in [1.165, 1.54) is 167 Å². The molecule has 0 aromatic rings. The van der Waals surface area contributed by atoms with Crippen molar-refractivity contribution in [3.63, 3.8) is 0 Å². The maximum absolute atomic E-state index is 12.9. The van der Waals surface area contributed by atoms with Gasteiger partial charge in [-0.2, -0.15) is 0 Å². The van der Waals surface area contributed by atoms with Crippen LogP contribution in [0.4, 0.5) is 0 Å². The number of phosphoric acid groups is 1. The topological polar surface area (TPSA) is 105 Å². The zero-order chi connectivity index (χ0) is 43.6. The Kier molecular flexibility index (Phi) is 41.1. The van der Waals surface area contributed by atoms with Crippen LogP contribution in [0.3, 0.4) is 0 Å². The number of rotatable bonds is 45. The summed E-state index contributed by atoms with van der Waals surface area (Å²) in [5, 5.41) is 13.7. The fourth-order valence-corrected chi connectivity index (χ4v) is 7.85. The normalized spacial score (nSPS) is 14.5. The predicted molar refractivity (Wildman–Crippen MR) is 254 cm³/mol. The number of aliphatic hydroxyl groups excluding tert-OH is 1. The van der Waals surface area contributed by atoms with E-state index in [2.05, 4.69) is 43.5 Å². The molecule has 0 aromatic heterocycles. The Morgan fingerprint density at radius 2 is 0.932 bits per heavy atom. The minimum atomic E-state index is -4.34. The van der Waals surface area contributed by atoms with Crippen molar-refractivity contribution < 1.29 is 32.9 Å². The lowest BCUT2D eigenvalue weighted by atomic mass is 10.0. The molecule has 348 valence electrons. The quantitative estimate of drug-likeness (QED) is 0.0244. The summed E-state index contributed by atoms with van der Waals surface area (Å²) in [7, 11) is 1.55. The number of quaternary nitrogens is 1. The van der Waals surface area contributed by atoms with Crippen LogP contribution < -0.4 is 5.32 Å². The highest BCUT2D eigenvalue weighted by atomic mass is 31.2. The summed E-state index contributed by atoms with van der Waals surface area (Å²) in [6.45, 7) is 4.75. The number of hydrogen-bond donors (Lipinski definition) is 3. The van der Waals surface area contributed by atoms with Crippen LogP contribution in [0.1, 0.15) is 226 Å². The van der Waals surface area contributed by atoms with E-state index < -0.39 is 20.0 Å². The van der Waals surface area contributed by atoms with Gasteiger partial charge in [0.1, 0.15) is 13.2 Å². The number of aliphatic hydroxyl groups is 1. The van der Waals surface area contributed by atoms with Crippen LogP contribution in [0.25, 0.3) is 0 Å². The van der Waals surface area contributed by atoms with Crippen molar-refractivity contribution in [2.45, 2.75) is 238 Å². The van der Waals surface area contributed by atoms with Crippen LogP contribution in [0.2, 0.25) is 0 Å². The molecule has 0 radical (unpaired) electrons. The van der Waals surface area contributed by atoms with Crippen molar-refractivity contribution in [1.82, 2.24) is 5.32 Å². The number of allylic oxidation sites excluding steroid dienone is 5. The number of hydrogen-bond acceptors (Lipinski definition) is 5. The van der Waals surface area contributed by atoms with Gasteiger partial charge in [0.05, 0.1) is 39.9 Å². The molecule has 59 heavy (non-hydrogen) atoms. The molecular weight excluding hydrogens is 756 g/mol. The third-order valence-electron chi connectivity index (χ3n) is 11.1. The molecule has 0 fully saturated rings. The molecule has 0 aliphatic heterocycles. The van der Waals surface area contributed by atoms with Gasteiger partial charge >= 0.3 is 7.82 Å². The lowest BCUT2D eigenvalue weighted by molar-refractivity contribution is -0.870. The number of nitrogens with zero attached hydrogens (tertiary/aromatic N) is 1. The van der Waals surface area contributed by atoms with E-state index in [0.29, 0.717) is 17.4 Å². The Labute approximate surface area is 366 Å². The zero-order valence-corrected chi connectivity index (χ0v) is 40.4. The van der Waals surface area contributed by atoms with Crippen LogP contribution in [0.5, 0.6) is 0 Å². The number of carbonyl (C=O) groups excluding carboxylic acids is 1. The van der Waals surface area contributed by atoms with E-state index in [1.54, 1.807) is 6.08 Å². The molecule has 9 heteroatoms. The second-order valence-electron chi connectivity index (χ2n) is 18.2. The maximum Gasteiger partial charge on any atom is 0.472 e. The Morgan fingerprint density at radius 1 is 0.559 bits per heavy atom. The number of unbranched alkanes of at least 4 members (excludes halogenated alkanes) is 28. The van der Waals surface area contributed by atoms with Gasteiger partial charge in [0.15, 0.2) is 0 Å². The lowest BCUT2D eigenvalue weighted by Crippen LogP contribution is -2.45. The molecule has 3 N–H and O–H groups in total. The van der Waals surface area contributed by atoms with Gasteiger partial charge in [0.2, 0.25) is 5.91 Å². The highest BCUT2D eigenvalue weighted by Crippen LogP contribution is 2.43. The molecule has 0 spiro atoms. The highest BCUT2D eigenvalue weighted by Gasteiger charge is 2.27. The van der Waals surface area contributed by atoms with Gasteiger partial charge in [-0.05, 0) is 57.8 Å².